The van der Waals surface area contributed by atoms with Crippen LogP contribution >= 0.6 is 0 Å². The Labute approximate surface area is 374 Å². The zero-order chi connectivity index (χ0) is 46.9. The lowest BCUT2D eigenvalue weighted by molar-refractivity contribution is -0.271. The van der Waals surface area contributed by atoms with Gasteiger partial charge in [-0.05, 0) is 23.8 Å². The number of carbonyl (C=O) groups is 7. The van der Waals surface area contributed by atoms with Crippen molar-refractivity contribution in [1.82, 2.24) is 20.0 Å². The highest BCUT2D eigenvalue weighted by molar-refractivity contribution is 6.25. The Bertz CT molecular complexity index is 2520. The lowest BCUT2D eigenvalue weighted by atomic mass is 9.87. The van der Waals surface area contributed by atoms with Crippen LogP contribution in [0.15, 0.2) is 72.8 Å². The Morgan fingerprint density at radius 3 is 2.15 bits per heavy atom. The molecule has 0 saturated carbocycles. The zero-order valence-corrected chi connectivity index (χ0v) is 35.0. The summed E-state index contributed by atoms with van der Waals surface area (Å²) in [4.78, 5) is 88.2. The molecule has 3 aliphatic rings. The fourth-order valence-electron chi connectivity index (χ4n) is 7.20. The van der Waals surface area contributed by atoms with E-state index in [0.29, 0.717) is 38.9 Å². The molecule has 5 atom stereocenters. The van der Waals surface area contributed by atoms with E-state index in [1.807, 2.05) is 0 Å². The maximum atomic E-state index is 13.5. The number of benzene rings is 3. The van der Waals surface area contributed by atoms with Crippen molar-refractivity contribution < 1.29 is 82.4 Å². The molecule has 7 rings (SSSR count). The average Bonchev–Trinajstić information content (AvgIpc) is 3.86. The third kappa shape index (κ3) is 10.8. The van der Waals surface area contributed by atoms with Gasteiger partial charge in [0.15, 0.2) is 11.9 Å². The van der Waals surface area contributed by atoms with E-state index in [-0.39, 0.29) is 101 Å². The highest BCUT2D eigenvalue weighted by atomic mass is 16.7. The summed E-state index contributed by atoms with van der Waals surface area (Å²) in [5.74, 6) is -3.81. The largest absolute Gasteiger partial charge is 0.479 e. The van der Waals surface area contributed by atoms with Gasteiger partial charge in [-0.1, -0.05) is 42.5 Å². The second-order valence-corrected chi connectivity index (χ2v) is 15.0. The van der Waals surface area contributed by atoms with Crippen molar-refractivity contribution in [2.45, 2.75) is 50.2 Å². The highest BCUT2D eigenvalue weighted by Gasteiger charge is 2.48. The summed E-state index contributed by atoms with van der Waals surface area (Å²) >= 11 is 0. The summed E-state index contributed by atoms with van der Waals surface area (Å²) in [5, 5.41) is 50.8. The predicted molar refractivity (Wildman–Crippen MR) is 225 cm³/mol. The van der Waals surface area contributed by atoms with E-state index in [1.165, 1.54) is 30.4 Å². The number of ether oxygens (including phenoxy) is 6. The molecule has 1 fully saturated rings. The molecule has 66 heavy (non-hydrogen) atoms. The van der Waals surface area contributed by atoms with Gasteiger partial charge in [0, 0.05) is 53.6 Å². The number of nitrogens with one attached hydrogen (secondary N) is 2. The number of aliphatic hydroxyl groups excluding tert-OH is 3. The standard InChI is InChI=1S/C44H45N5O17/c50-31(13-16-61-18-20-63-21-19-62-17-15-48-33(52)10-11-34(48)53)45-14-12-32(51)46-28-22-24(8-9-30(28)65-43-40(57)38(55)39(56)41(66-43)42(58)59)23-64-44(60)49-29-7-3-6-27-35(29)36(47-49)25-4-1-2-5-26(25)37(27)54/h1-11,22,38-41,43,55-57H,12-21,23H2,(H,45,50)(H,46,51)(H,58,59)/t38-,39-,40+,41-,43+/m0/s1. The lowest BCUT2D eigenvalue weighted by Gasteiger charge is -2.38. The number of fused-ring (bicyclic) bond motifs is 2. The summed E-state index contributed by atoms with van der Waals surface area (Å²) in [6.45, 7) is 0.823. The number of ketones is 1. The third-order valence-corrected chi connectivity index (χ3v) is 10.5. The van der Waals surface area contributed by atoms with Gasteiger partial charge in [0.2, 0.25) is 18.1 Å². The second kappa shape index (κ2) is 21.4. The molecule has 4 amide bonds. The number of amides is 4. The monoisotopic (exact) mass is 915 g/mol. The summed E-state index contributed by atoms with van der Waals surface area (Å²) < 4.78 is 33.8. The first-order valence-corrected chi connectivity index (χ1v) is 20.7. The van der Waals surface area contributed by atoms with E-state index in [0.717, 1.165) is 9.58 Å². The van der Waals surface area contributed by atoms with Crippen molar-refractivity contribution in [3.63, 3.8) is 0 Å². The first-order chi connectivity index (χ1) is 31.8. The molecule has 22 heteroatoms. The van der Waals surface area contributed by atoms with Crippen LogP contribution in [-0.2, 0) is 54.3 Å². The Kier molecular flexibility index (Phi) is 15.2. The van der Waals surface area contributed by atoms with Crippen LogP contribution in [0.1, 0.15) is 34.3 Å². The van der Waals surface area contributed by atoms with E-state index < -0.39 is 54.6 Å². The van der Waals surface area contributed by atoms with Crippen molar-refractivity contribution in [2.75, 3.05) is 58.0 Å². The molecule has 3 heterocycles. The van der Waals surface area contributed by atoms with Gasteiger partial charge >= 0.3 is 12.1 Å². The summed E-state index contributed by atoms with van der Waals surface area (Å²) in [6, 6.07) is 16.0. The van der Waals surface area contributed by atoms with Crippen LogP contribution in [0, 0.1) is 0 Å². The Morgan fingerprint density at radius 1 is 0.742 bits per heavy atom. The van der Waals surface area contributed by atoms with Gasteiger partial charge < -0.3 is 59.5 Å². The van der Waals surface area contributed by atoms with Crippen LogP contribution in [0.3, 0.4) is 0 Å². The predicted octanol–water partition coefficient (Wildman–Crippen LogP) is 0.513. The lowest BCUT2D eigenvalue weighted by Crippen LogP contribution is -2.61. The molecule has 0 radical (unpaired) electrons. The van der Waals surface area contributed by atoms with Gasteiger partial charge in [-0.25, -0.2) is 9.59 Å². The minimum atomic E-state index is -1.98. The minimum absolute atomic E-state index is 0.0178. The topological polar surface area (TPSA) is 301 Å². The summed E-state index contributed by atoms with van der Waals surface area (Å²) in [6.07, 6.45) is -8.41. The van der Waals surface area contributed by atoms with Crippen molar-refractivity contribution in [3.05, 3.63) is 89.5 Å². The van der Waals surface area contributed by atoms with Crippen LogP contribution in [0.2, 0.25) is 0 Å². The SMILES string of the molecule is O=C(CCOCCOCCOCCN1C(=O)C=CC1=O)NCCC(=O)Nc1cc(COC(=O)n2nc3c4c(cccc42)C(=O)c2ccccc2-3)ccc1O[C@@H]1O[C@H](C(=O)O)[C@@H](O)[C@H](O)[C@H]1O. The molecule has 348 valence electrons. The molecule has 3 aromatic carbocycles. The van der Waals surface area contributed by atoms with Crippen molar-refractivity contribution in [1.29, 1.82) is 0 Å². The quantitative estimate of drug-likeness (QED) is 0.0432. The molecule has 1 saturated heterocycles. The average molecular weight is 916 g/mol. The van der Waals surface area contributed by atoms with Gasteiger partial charge in [-0.2, -0.15) is 9.78 Å². The van der Waals surface area contributed by atoms with Gasteiger partial charge in [0.05, 0.1) is 57.4 Å². The number of hydrogen-bond acceptors (Lipinski definition) is 17. The van der Waals surface area contributed by atoms with Gasteiger partial charge in [-0.3, -0.25) is 28.9 Å². The fraction of sp³-hybridized carbons (Fsp3) is 0.364. The first-order valence-electron chi connectivity index (χ1n) is 20.7. The molecule has 4 aromatic rings. The van der Waals surface area contributed by atoms with Crippen molar-refractivity contribution in [2.24, 2.45) is 0 Å². The van der Waals surface area contributed by atoms with Crippen LogP contribution in [0.5, 0.6) is 5.75 Å². The summed E-state index contributed by atoms with van der Waals surface area (Å²) in [7, 11) is 0. The molecular formula is C44H45N5O17. The maximum absolute atomic E-state index is 13.5. The highest BCUT2D eigenvalue weighted by Crippen LogP contribution is 2.39. The number of hydrogen-bond donors (Lipinski definition) is 6. The number of aliphatic hydroxyl groups is 3. The van der Waals surface area contributed by atoms with Gasteiger partial charge in [0.1, 0.15) is 36.4 Å². The molecule has 22 nitrogen and oxygen atoms in total. The fourth-order valence-corrected chi connectivity index (χ4v) is 7.20. The molecule has 0 unspecified atom stereocenters. The number of nitrogens with zero attached hydrogens (tertiary/aromatic N) is 3. The molecule has 0 bridgehead atoms. The van der Waals surface area contributed by atoms with E-state index in [1.54, 1.807) is 42.5 Å². The zero-order valence-electron chi connectivity index (χ0n) is 35.0. The Morgan fingerprint density at radius 2 is 1.42 bits per heavy atom. The van der Waals surface area contributed by atoms with E-state index in [2.05, 4.69) is 15.7 Å². The second-order valence-electron chi connectivity index (χ2n) is 15.0. The normalized spacial score (nSPS) is 19.8. The number of carbonyl (C=O) groups excluding carboxylic acids is 6. The number of aliphatic carboxylic acids is 1. The molecule has 0 spiro atoms. The molecule has 2 aliphatic heterocycles. The molecule has 1 aliphatic carbocycles. The Hall–Kier alpha value is -6.92. The van der Waals surface area contributed by atoms with Gasteiger partial charge in [0.25, 0.3) is 11.8 Å². The molecular weight excluding hydrogens is 871 g/mol. The van der Waals surface area contributed by atoms with Crippen LogP contribution < -0.4 is 15.4 Å². The third-order valence-electron chi connectivity index (χ3n) is 10.5. The van der Waals surface area contributed by atoms with Crippen LogP contribution in [0.25, 0.3) is 22.2 Å². The van der Waals surface area contributed by atoms with Crippen LogP contribution in [0.4, 0.5) is 10.5 Å². The van der Waals surface area contributed by atoms with E-state index >= 15 is 0 Å². The van der Waals surface area contributed by atoms with E-state index in [9.17, 15) is 54.0 Å². The van der Waals surface area contributed by atoms with E-state index in [4.69, 9.17) is 28.4 Å². The summed E-state index contributed by atoms with van der Waals surface area (Å²) in [5.41, 5.74) is 2.43. The smallest absolute Gasteiger partial charge is 0.435 e. The Balaban J connectivity index is 0.910. The number of carboxylic acid groups (broad SMARTS) is 1. The van der Waals surface area contributed by atoms with Crippen molar-refractivity contribution in [3.8, 4) is 17.0 Å². The van der Waals surface area contributed by atoms with Crippen LogP contribution in [-0.4, -0.2) is 160 Å². The number of rotatable bonds is 21. The van der Waals surface area contributed by atoms with Gasteiger partial charge in [-0.15, -0.1) is 0 Å². The number of imide groups is 1. The number of carboxylic acids is 1. The first kappa shape index (κ1) is 47.1. The number of anilines is 1. The van der Waals surface area contributed by atoms with Crippen molar-refractivity contribution >= 4 is 58.1 Å². The maximum Gasteiger partial charge on any atom is 0.435 e. The molecule has 6 N–H and O–H groups in total. The molecule has 1 aromatic heterocycles. The number of aromatic nitrogens is 2. The minimum Gasteiger partial charge on any atom is -0.479 e.